The Morgan fingerprint density at radius 3 is 2.18 bits per heavy atom. The van der Waals surface area contributed by atoms with Crippen molar-refractivity contribution in [1.82, 2.24) is 4.90 Å². The largest absolute Gasteiger partial charge is 0.467 e. The van der Waals surface area contributed by atoms with E-state index in [4.69, 9.17) is 9.47 Å². The zero-order valence-corrected chi connectivity index (χ0v) is 20.3. The smallest absolute Gasteiger partial charge is 0.410 e. The number of nitrogens with zero attached hydrogens (tertiary/aromatic N) is 1. The molecule has 5 nitrogen and oxygen atoms in total. The van der Waals surface area contributed by atoms with Crippen LogP contribution in [0.4, 0.5) is 4.79 Å². The summed E-state index contributed by atoms with van der Waals surface area (Å²) in [6, 6.07) is 27.5. The number of ether oxygens (including phenoxy) is 2. The molecule has 0 radical (unpaired) electrons. The molecule has 3 aromatic rings. The van der Waals surface area contributed by atoms with Gasteiger partial charge in [0.15, 0.2) is 0 Å². The van der Waals surface area contributed by atoms with Crippen molar-refractivity contribution in [2.45, 2.75) is 30.7 Å². The van der Waals surface area contributed by atoms with Crippen molar-refractivity contribution >= 4 is 23.8 Å². The number of carbonyl (C=O) groups is 2. The molecule has 0 aromatic heterocycles. The van der Waals surface area contributed by atoms with Gasteiger partial charge in [0.25, 0.3) is 0 Å². The number of esters is 1. The van der Waals surface area contributed by atoms with Gasteiger partial charge in [-0.05, 0) is 34.4 Å². The van der Waals surface area contributed by atoms with E-state index in [1.807, 2.05) is 48.5 Å². The average molecular weight is 476 g/mol. The number of likely N-dealkylation sites (tertiary alicyclic amines) is 1. The highest BCUT2D eigenvalue weighted by Crippen LogP contribution is 2.47. The van der Waals surface area contributed by atoms with Gasteiger partial charge in [0.05, 0.1) is 11.9 Å². The summed E-state index contributed by atoms with van der Waals surface area (Å²) in [5, 5.41) is 0. The van der Waals surface area contributed by atoms with Gasteiger partial charge in [-0.3, -0.25) is 4.90 Å². The van der Waals surface area contributed by atoms with Crippen LogP contribution >= 0.6 is 11.8 Å². The Morgan fingerprint density at radius 1 is 0.941 bits per heavy atom. The third kappa shape index (κ3) is 5.12. The number of thioether (sulfide) groups is 1. The van der Waals surface area contributed by atoms with E-state index in [1.165, 1.54) is 12.0 Å². The van der Waals surface area contributed by atoms with Crippen molar-refractivity contribution in [2.24, 2.45) is 0 Å². The lowest BCUT2D eigenvalue weighted by atomic mass is 9.93. The normalized spacial score (nSPS) is 19.6. The molecule has 6 heteroatoms. The van der Waals surface area contributed by atoms with E-state index >= 15 is 0 Å². The molecule has 1 saturated heterocycles. The first-order chi connectivity index (χ1) is 16.6. The maximum atomic E-state index is 13.1. The number of hydrogen-bond acceptors (Lipinski definition) is 5. The lowest BCUT2D eigenvalue weighted by molar-refractivity contribution is -0.145. The number of carbonyl (C=O) groups excluding carboxylic acids is 2. The van der Waals surface area contributed by atoms with E-state index in [1.54, 1.807) is 11.8 Å². The third-order valence-corrected chi connectivity index (χ3v) is 7.55. The molecule has 0 saturated carbocycles. The summed E-state index contributed by atoms with van der Waals surface area (Å²) in [5.41, 5.74) is 4.26. The molecule has 3 aromatic carbocycles. The summed E-state index contributed by atoms with van der Waals surface area (Å²) in [4.78, 5) is 27.3. The first-order valence-electron chi connectivity index (χ1n) is 11.4. The second kappa shape index (κ2) is 10.8. The fourth-order valence-corrected chi connectivity index (χ4v) is 5.84. The summed E-state index contributed by atoms with van der Waals surface area (Å²) < 4.78 is 10.2. The van der Waals surface area contributed by atoms with Crippen LogP contribution in [0.2, 0.25) is 0 Å². The zero-order chi connectivity index (χ0) is 24.0. The molecule has 0 bridgehead atoms. The molecule has 1 heterocycles. The topological polar surface area (TPSA) is 55.8 Å². The minimum absolute atomic E-state index is 0.157. The fourth-order valence-electron chi connectivity index (χ4n) is 4.48. The second-order valence-electron chi connectivity index (χ2n) is 8.28. The Labute approximate surface area is 205 Å². The number of amides is 1. The van der Waals surface area contributed by atoms with E-state index in [0.29, 0.717) is 13.0 Å². The van der Waals surface area contributed by atoms with E-state index in [0.717, 1.165) is 28.0 Å². The maximum Gasteiger partial charge on any atom is 0.410 e. The van der Waals surface area contributed by atoms with Gasteiger partial charge in [-0.15, -0.1) is 11.8 Å². The van der Waals surface area contributed by atoms with Gasteiger partial charge in [-0.2, -0.15) is 0 Å². The van der Waals surface area contributed by atoms with Crippen molar-refractivity contribution in [1.29, 1.82) is 0 Å². The molecule has 1 aliphatic heterocycles. The van der Waals surface area contributed by atoms with E-state index in [-0.39, 0.29) is 6.61 Å². The minimum atomic E-state index is -0.693. The van der Waals surface area contributed by atoms with Crippen molar-refractivity contribution in [3.05, 3.63) is 96.1 Å². The summed E-state index contributed by atoms with van der Waals surface area (Å²) >= 11 is 1.75. The molecular formula is C28H29NO4S. The van der Waals surface area contributed by atoms with Crippen molar-refractivity contribution in [2.75, 3.05) is 19.4 Å². The standard InChI is InChI=1S/C28H29NO4S/c1-3-34-28(24-16-14-23(15-17-24)22-12-8-5-9-13-22)18-25(26(30)32-2)29(20-28)27(31)33-19-21-10-6-4-7-11-21/h4-17,25H,3,18-20H2,1-2H3/t25-,28-/m0/s1. The highest BCUT2D eigenvalue weighted by molar-refractivity contribution is 8.00. The van der Waals surface area contributed by atoms with Crippen LogP contribution in [0.3, 0.4) is 0 Å². The Morgan fingerprint density at radius 2 is 1.56 bits per heavy atom. The molecule has 4 rings (SSSR count). The summed E-state index contributed by atoms with van der Waals surface area (Å²) in [6.45, 7) is 2.63. The van der Waals surface area contributed by atoms with Gasteiger partial charge < -0.3 is 9.47 Å². The monoisotopic (exact) mass is 475 g/mol. The number of rotatable bonds is 7. The van der Waals surface area contributed by atoms with Crippen LogP contribution in [0.1, 0.15) is 24.5 Å². The van der Waals surface area contributed by atoms with Crippen LogP contribution in [0.5, 0.6) is 0 Å². The van der Waals surface area contributed by atoms with Crippen LogP contribution in [-0.4, -0.2) is 42.4 Å². The van der Waals surface area contributed by atoms with E-state index < -0.39 is 22.9 Å². The molecule has 1 aliphatic rings. The predicted octanol–water partition coefficient (Wildman–Crippen LogP) is 5.89. The van der Waals surface area contributed by atoms with Gasteiger partial charge in [-0.25, -0.2) is 9.59 Å². The summed E-state index contributed by atoms with van der Waals surface area (Å²) in [5.74, 6) is 0.428. The van der Waals surface area contributed by atoms with Crippen LogP contribution < -0.4 is 0 Å². The lowest BCUT2D eigenvalue weighted by Crippen LogP contribution is -2.41. The molecule has 0 aliphatic carbocycles. The predicted molar refractivity (Wildman–Crippen MR) is 135 cm³/mol. The molecular weight excluding hydrogens is 446 g/mol. The van der Waals surface area contributed by atoms with Crippen LogP contribution in [0.15, 0.2) is 84.9 Å². The molecule has 1 amide bonds. The maximum absolute atomic E-state index is 13.1. The Kier molecular flexibility index (Phi) is 7.58. The van der Waals surface area contributed by atoms with E-state index in [9.17, 15) is 9.59 Å². The van der Waals surface area contributed by atoms with Crippen molar-refractivity contribution in [3.63, 3.8) is 0 Å². The molecule has 2 atom stereocenters. The van der Waals surface area contributed by atoms with Crippen LogP contribution in [-0.2, 0) is 25.6 Å². The van der Waals surface area contributed by atoms with Crippen molar-refractivity contribution in [3.8, 4) is 11.1 Å². The molecule has 0 unspecified atom stereocenters. The number of methoxy groups -OCH3 is 1. The first-order valence-corrected chi connectivity index (χ1v) is 12.4. The second-order valence-corrected chi connectivity index (χ2v) is 9.93. The Bertz CT molecular complexity index is 1100. The van der Waals surface area contributed by atoms with Gasteiger partial charge in [0.2, 0.25) is 0 Å². The molecule has 0 spiro atoms. The SMILES string of the molecule is CCS[C@@]1(c2ccc(-c3ccccc3)cc2)C[C@@H](C(=O)OC)N(C(=O)OCc2ccccc2)C1. The lowest BCUT2D eigenvalue weighted by Gasteiger charge is -2.29. The van der Waals surface area contributed by atoms with Crippen LogP contribution in [0.25, 0.3) is 11.1 Å². The van der Waals surface area contributed by atoms with Gasteiger partial charge in [0.1, 0.15) is 12.6 Å². The first kappa shape index (κ1) is 23.9. The quantitative estimate of drug-likeness (QED) is 0.399. The molecule has 176 valence electrons. The highest BCUT2D eigenvalue weighted by Gasteiger charge is 2.51. The fraction of sp³-hybridized carbons (Fsp3) is 0.286. The minimum Gasteiger partial charge on any atom is -0.467 e. The van der Waals surface area contributed by atoms with E-state index in [2.05, 4.69) is 43.3 Å². The molecule has 0 N–H and O–H groups in total. The molecule has 34 heavy (non-hydrogen) atoms. The Balaban J connectivity index is 1.59. The summed E-state index contributed by atoms with van der Waals surface area (Å²) in [6.07, 6.45) is -0.0257. The third-order valence-electron chi connectivity index (χ3n) is 6.18. The summed E-state index contributed by atoms with van der Waals surface area (Å²) in [7, 11) is 1.36. The van der Waals surface area contributed by atoms with Crippen molar-refractivity contribution < 1.29 is 19.1 Å². The van der Waals surface area contributed by atoms with Gasteiger partial charge in [-0.1, -0.05) is 91.9 Å². The zero-order valence-electron chi connectivity index (χ0n) is 19.5. The Hall–Kier alpha value is -3.25. The molecule has 1 fully saturated rings. The number of benzene rings is 3. The number of hydrogen-bond donors (Lipinski definition) is 0. The van der Waals surface area contributed by atoms with Gasteiger partial charge >= 0.3 is 12.1 Å². The van der Waals surface area contributed by atoms with Crippen LogP contribution in [0, 0.1) is 0 Å². The van der Waals surface area contributed by atoms with Gasteiger partial charge in [0, 0.05) is 6.54 Å². The average Bonchev–Trinajstić information content (AvgIpc) is 3.29. The highest BCUT2D eigenvalue weighted by atomic mass is 32.2.